The van der Waals surface area contributed by atoms with Gasteiger partial charge in [-0.25, -0.2) is 0 Å². The van der Waals surface area contributed by atoms with Crippen molar-refractivity contribution in [2.45, 2.75) is 52.4 Å². The lowest BCUT2D eigenvalue weighted by molar-refractivity contribution is 0.465. The topological polar surface area (TPSA) is 20.2 Å². The quantitative estimate of drug-likeness (QED) is 0.791. The molecule has 0 saturated heterocycles. The minimum Gasteiger partial charge on any atom is -0.508 e. The minimum absolute atomic E-state index is 0.161. The van der Waals surface area contributed by atoms with Gasteiger partial charge < -0.3 is 5.11 Å². The number of phenolic OH excluding ortho intramolecular Hbond substituents is 1. The number of aromatic hydroxyl groups is 1. The molecule has 1 aromatic rings. The van der Waals surface area contributed by atoms with Gasteiger partial charge in [0, 0.05) is 0 Å². The van der Waals surface area contributed by atoms with Crippen LogP contribution in [0.1, 0.15) is 51.7 Å². The van der Waals surface area contributed by atoms with E-state index in [1.165, 1.54) is 12.0 Å². The summed E-state index contributed by atoms with van der Waals surface area (Å²) in [6, 6.07) is 5.99. The van der Waals surface area contributed by atoms with Gasteiger partial charge in [0.25, 0.3) is 0 Å². The predicted octanol–water partition coefficient (Wildman–Crippen LogP) is 4.03. The van der Waals surface area contributed by atoms with E-state index in [2.05, 4.69) is 33.8 Å². The molecule has 1 aromatic carbocycles. The Morgan fingerprint density at radius 2 is 1.87 bits per heavy atom. The van der Waals surface area contributed by atoms with Crippen LogP contribution in [0.3, 0.4) is 0 Å². The molecule has 0 aromatic heterocycles. The smallest absolute Gasteiger partial charge is 0.118 e. The molecule has 0 bridgehead atoms. The summed E-state index contributed by atoms with van der Waals surface area (Å²) in [6.45, 7) is 8.76. The molecule has 0 amide bonds. The molecule has 0 aliphatic carbocycles. The summed E-state index contributed by atoms with van der Waals surface area (Å²) in [6.07, 6.45) is 3.28. The average molecular weight is 206 g/mol. The van der Waals surface area contributed by atoms with Crippen molar-refractivity contribution in [1.82, 2.24) is 0 Å². The van der Waals surface area contributed by atoms with E-state index in [9.17, 15) is 5.11 Å². The van der Waals surface area contributed by atoms with Crippen LogP contribution in [0.25, 0.3) is 0 Å². The van der Waals surface area contributed by atoms with Crippen molar-refractivity contribution in [2.75, 3.05) is 0 Å². The Balaban J connectivity index is 2.95. The number of benzene rings is 1. The number of unbranched alkanes of at least 4 members (excludes halogenated alkanes) is 1. The Bertz CT molecular complexity index is 321. The molecule has 0 fully saturated rings. The highest BCUT2D eigenvalue weighted by Gasteiger charge is 2.14. The van der Waals surface area contributed by atoms with Crippen molar-refractivity contribution in [1.29, 1.82) is 0 Å². The molecule has 0 aliphatic heterocycles. The number of aryl methyl sites for hydroxylation is 1. The highest BCUT2D eigenvalue weighted by molar-refractivity contribution is 5.38. The monoisotopic (exact) mass is 206 g/mol. The lowest BCUT2D eigenvalue weighted by atomic mass is 9.85. The Labute approximate surface area is 93.1 Å². The second kappa shape index (κ2) is 4.69. The van der Waals surface area contributed by atoms with E-state index in [0.29, 0.717) is 5.75 Å². The van der Waals surface area contributed by atoms with Crippen molar-refractivity contribution >= 4 is 0 Å². The molecule has 15 heavy (non-hydrogen) atoms. The van der Waals surface area contributed by atoms with Crippen LogP contribution in [0.5, 0.6) is 5.75 Å². The van der Waals surface area contributed by atoms with Crippen LogP contribution in [-0.4, -0.2) is 5.11 Å². The maximum atomic E-state index is 9.73. The average Bonchev–Trinajstić information content (AvgIpc) is 2.15. The second-order valence-electron chi connectivity index (χ2n) is 5.20. The molecule has 0 radical (unpaired) electrons. The molecular formula is C14H22O. The summed E-state index contributed by atoms with van der Waals surface area (Å²) >= 11 is 0. The Kier molecular flexibility index (Phi) is 3.78. The minimum atomic E-state index is 0.161. The summed E-state index contributed by atoms with van der Waals surface area (Å²) in [5.41, 5.74) is 2.55. The van der Waals surface area contributed by atoms with Crippen LogP contribution < -0.4 is 0 Å². The third-order valence-electron chi connectivity index (χ3n) is 2.75. The molecular weight excluding hydrogens is 184 g/mol. The molecule has 0 heterocycles. The van der Waals surface area contributed by atoms with Gasteiger partial charge in [-0.3, -0.25) is 0 Å². The lowest BCUT2D eigenvalue weighted by Gasteiger charge is -2.20. The van der Waals surface area contributed by atoms with Crippen LogP contribution in [0.2, 0.25) is 0 Å². The van der Waals surface area contributed by atoms with Gasteiger partial charge in [-0.05, 0) is 35.4 Å². The van der Waals surface area contributed by atoms with E-state index in [1.807, 2.05) is 12.1 Å². The van der Waals surface area contributed by atoms with E-state index in [-0.39, 0.29) is 5.41 Å². The third kappa shape index (κ3) is 3.26. The van der Waals surface area contributed by atoms with E-state index in [0.717, 1.165) is 18.4 Å². The number of phenols is 1. The fraction of sp³-hybridized carbons (Fsp3) is 0.571. The largest absolute Gasteiger partial charge is 0.508 e. The number of hydrogen-bond donors (Lipinski definition) is 1. The first-order chi connectivity index (χ1) is 6.95. The third-order valence-corrected chi connectivity index (χ3v) is 2.75. The van der Waals surface area contributed by atoms with E-state index < -0.39 is 0 Å². The highest BCUT2D eigenvalue weighted by Crippen LogP contribution is 2.28. The first-order valence-electron chi connectivity index (χ1n) is 5.77. The van der Waals surface area contributed by atoms with Gasteiger partial charge in [0.2, 0.25) is 0 Å². The van der Waals surface area contributed by atoms with Gasteiger partial charge in [-0.15, -0.1) is 0 Å². The van der Waals surface area contributed by atoms with Crippen LogP contribution in [0.15, 0.2) is 18.2 Å². The number of rotatable bonds is 3. The van der Waals surface area contributed by atoms with Crippen molar-refractivity contribution in [3.8, 4) is 5.75 Å². The Morgan fingerprint density at radius 1 is 1.20 bits per heavy atom. The van der Waals surface area contributed by atoms with Crippen LogP contribution >= 0.6 is 0 Å². The SMILES string of the molecule is CCCCc1cc(C(C)(C)C)ccc1O. The lowest BCUT2D eigenvalue weighted by Crippen LogP contribution is -2.11. The van der Waals surface area contributed by atoms with E-state index in [1.54, 1.807) is 0 Å². The summed E-state index contributed by atoms with van der Waals surface area (Å²) in [4.78, 5) is 0. The molecule has 0 atom stereocenters. The molecule has 0 spiro atoms. The zero-order valence-corrected chi connectivity index (χ0v) is 10.3. The van der Waals surface area contributed by atoms with Gasteiger partial charge >= 0.3 is 0 Å². The predicted molar refractivity (Wildman–Crippen MR) is 65.4 cm³/mol. The summed E-state index contributed by atoms with van der Waals surface area (Å²) in [7, 11) is 0. The summed E-state index contributed by atoms with van der Waals surface area (Å²) < 4.78 is 0. The highest BCUT2D eigenvalue weighted by atomic mass is 16.3. The normalized spacial score (nSPS) is 11.7. The van der Waals surface area contributed by atoms with Crippen molar-refractivity contribution in [3.63, 3.8) is 0 Å². The molecule has 1 rings (SSSR count). The number of hydrogen-bond acceptors (Lipinski definition) is 1. The van der Waals surface area contributed by atoms with Crippen LogP contribution in [-0.2, 0) is 11.8 Å². The Morgan fingerprint density at radius 3 is 2.40 bits per heavy atom. The van der Waals surface area contributed by atoms with Crippen molar-refractivity contribution < 1.29 is 5.11 Å². The fourth-order valence-electron chi connectivity index (χ4n) is 1.62. The van der Waals surface area contributed by atoms with Gasteiger partial charge in [0.05, 0.1) is 0 Å². The van der Waals surface area contributed by atoms with E-state index in [4.69, 9.17) is 0 Å². The summed E-state index contributed by atoms with van der Waals surface area (Å²) in [5, 5.41) is 9.73. The van der Waals surface area contributed by atoms with Gasteiger partial charge in [-0.1, -0.05) is 46.2 Å². The van der Waals surface area contributed by atoms with Gasteiger partial charge in [0.1, 0.15) is 5.75 Å². The molecule has 1 heteroatoms. The first kappa shape index (κ1) is 12.1. The molecule has 1 N–H and O–H groups in total. The zero-order chi connectivity index (χ0) is 11.5. The fourth-order valence-corrected chi connectivity index (χ4v) is 1.62. The van der Waals surface area contributed by atoms with Gasteiger partial charge in [0.15, 0.2) is 0 Å². The standard InChI is InChI=1S/C14H22O/c1-5-6-7-11-10-12(14(2,3)4)8-9-13(11)15/h8-10,15H,5-7H2,1-4H3. The maximum absolute atomic E-state index is 9.73. The maximum Gasteiger partial charge on any atom is 0.118 e. The first-order valence-corrected chi connectivity index (χ1v) is 5.77. The van der Waals surface area contributed by atoms with Crippen molar-refractivity contribution in [2.24, 2.45) is 0 Å². The zero-order valence-electron chi connectivity index (χ0n) is 10.3. The molecule has 1 nitrogen and oxygen atoms in total. The molecule has 84 valence electrons. The van der Waals surface area contributed by atoms with Gasteiger partial charge in [-0.2, -0.15) is 0 Å². The second-order valence-corrected chi connectivity index (χ2v) is 5.20. The molecule has 0 saturated carbocycles. The molecule has 0 unspecified atom stereocenters. The van der Waals surface area contributed by atoms with Crippen LogP contribution in [0.4, 0.5) is 0 Å². The van der Waals surface area contributed by atoms with Crippen molar-refractivity contribution in [3.05, 3.63) is 29.3 Å². The van der Waals surface area contributed by atoms with Crippen LogP contribution in [0, 0.1) is 0 Å². The van der Waals surface area contributed by atoms with E-state index >= 15 is 0 Å². The summed E-state index contributed by atoms with van der Waals surface area (Å²) in [5.74, 6) is 0.441. The molecule has 0 aliphatic rings. The Hall–Kier alpha value is -0.980.